The van der Waals surface area contributed by atoms with Gasteiger partial charge in [0.1, 0.15) is 12.4 Å². The van der Waals surface area contributed by atoms with Crippen molar-refractivity contribution in [2.24, 2.45) is 11.5 Å². The van der Waals surface area contributed by atoms with Crippen LogP contribution in [-0.2, 0) is 14.3 Å². The van der Waals surface area contributed by atoms with Gasteiger partial charge in [-0.15, -0.1) is 10.2 Å². The zero-order valence-electron chi connectivity index (χ0n) is 21.8. The Bertz CT molecular complexity index is 1000. The predicted octanol–water partition coefficient (Wildman–Crippen LogP) is 3.45. The van der Waals surface area contributed by atoms with Crippen LogP contribution >= 0.6 is 0 Å². The lowest BCUT2D eigenvalue weighted by atomic mass is 10.1. The number of ether oxygens (including phenoxy) is 3. The number of primary amides is 1. The summed E-state index contributed by atoms with van der Waals surface area (Å²) in [6, 6.07) is 4.00. The van der Waals surface area contributed by atoms with Crippen LogP contribution in [0.2, 0.25) is 0 Å². The molecule has 0 unspecified atom stereocenters. The second-order valence-corrected chi connectivity index (χ2v) is 9.17. The van der Waals surface area contributed by atoms with Gasteiger partial charge in [0.25, 0.3) is 0 Å². The van der Waals surface area contributed by atoms with E-state index >= 15 is 0 Å². The molecule has 0 bridgehead atoms. The third-order valence-electron chi connectivity index (χ3n) is 5.38. The molecule has 1 amide bonds. The maximum atomic E-state index is 10.1. The molecule has 4 N–H and O–H groups in total. The van der Waals surface area contributed by atoms with Gasteiger partial charge in [0.2, 0.25) is 11.8 Å². The van der Waals surface area contributed by atoms with E-state index in [4.69, 9.17) is 25.7 Å². The van der Waals surface area contributed by atoms with Crippen molar-refractivity contribution in [2.45, 2.75) is 64.8 Å². The standard InChI is InChI=1S/C13H17N3O2.C9H14O.C4H10N2O/c1-9-3-6-11-14-15-12(10-4-5-10)16(11)13(9)18-8-7-17-2;1-2-10-8-9-6-4-3-5-7-9;1-4(2,6)3(5)7/h3,6,10H,4-5,7-8H2,1-2H3;4,6-7H,2-3,5,8H2,1H3;6H2,1-2H3,(H2,5,7). The Hall–Kier alpha value is -2.75. The van der Waals surface area contributed by atoms with Gasteiger partial charge in [-0.3, -0.25) is 4.79 Å². The molecule has 2 heterocycles. The van der Waals surface area contributed by atoms with Crippen LogP contribution in [0.5, 0.6) is 5.88 Å². The predicted molar refractivity (Wildman–Crippen MR) is 137 cm³/mol. The third kappa shape index (κ3) is 9.43. The highest BCUT2D eigenvalue weighted by molar-refractivity contribution is 5.83. The van der Waals surface area contributed by atoms with Crippen molar-refractivity contribution in [2.75, 3.05) is 33.5 Å². The van der Waals surface area contributed by atoms with E-state index in [1.807, 2.05) is 30.4 Å². The largest absolute Gasteiger partial charge is 0.476 e. The molecule has 0 radical (unpaired) electrons. The molecule has 194 valence electrons. The van der Waals surface area contributed by atoms with E-state index in [1.165, 1.54) is 31.3 Å². The maximum Gasteiger partial charge on any atom is 0.236 e. The molecule has 9 nitrogen and oxygen atoms in total. The first kappa shape index (κ1) is 28.5. The minimum atomic E-state index is -0.861. The fourth-order valence-electron chi connectivity index (χ4n) is 3.07. The van der Waals surface area contributed by atoms with E-state index in [2.05, 4.69) is 28.4 Å². The normalized spacial score (nSPS) is 15.0. The number of aromatic nitrogens is 3. The van der Waals surface area contributed by atoms with Gasteiger partial charge in [-0.2, -0.15) is 0 Å². The van der Waals surface area contributed by atoms with E-state index in [9.17, 15) is 4.79 Å². The van der Waals surface area contributed by atoms with Crippen LogP contribution in [0.4, 0.5) is 0 Å². The number of aryl methyl sites for hydroxylation is 1. The van der Waals surface area contributed by atoms with Crippen LogP contribution in [-0.4, -0.2) is 59.6 Å². The second-order valence-electron chi connectivity index (χ2n) is 9.17. The molecular formula is C26H41N5O4. The first-order chi connectivity index (χ1) is 16.7. The average molecular weight is 488 g/mol. The highest BCUT2D eigenvalue weighted by atomic mass is 16.5. The number of methoxy groups -OCH3 is 1. The lowest BCUT2D eigenvalue weighted by Gasteiger charge is -2.12. The van der Waals surface area contributed by atoms with Crippen LogP contribution in [0, 0.1) is 6.92 Å². The summed E-state index contributed by atoms with van der Waals surface area (Å²) < 4.78 is 18.1. The van der Waals surface area contributed by atoms with Gasteiger partial charge in [-0.1, -0.05) is 24.3 Å². The molecule has 2 aliphatic carbocycles. The number of amides is 1. The van der Waals surface area contributed by atoms with E-state index in [0.717, 1.165) is 36.1 Å². The Kier molecular flexibility index (Phi) is 11.4. The van der Waals surface area contributed by atoms with Gasteiger partial charge in [-0.05, 0) is 65.0 Å². The molecule has 2 aromatic heterocycles. The van der Waals surface area contributed by atoms with Gasteiger partial charge in [-0.25, -0.2) is 4.40 Å². The molecular weight excluding hydrogens is 446 g/mol. The quantitative estimate of drug-likeness (QED) is 0.519. The molecule has 1 fully saturated rings. The van der Waals surface area contributed by atoms with Gasteiger partial charge in [0.05, 0.1) is 18.8 Å². The smallest absolute Gasteiger partial charge is 0.236 e. The average Bonchev–Trinajstić information content (AvgIpc) is 3.59. The number of nitrogens with zero attached hydrogens (tertiary/aromatic N) is 3. The first-order valence-electron chi connectivity index (χ1n) is 12.2. The van der Waals surface area contributed by atoms with Gasteiger partial charge >= 0.3 is 0 Å². The minimum absolute atomic E-state index is 0.479. The Morgan fingerprint density at radius 3 is 2.46 bits per heavy atom. The van der Waals surface area contributed by atoms with Gasteiger partial charge < -0.3 is 25.7 Å². The second kappa shape index (κ2) is 14.0. The van der Waals surface area contributed by atoms with Crippen molar-refractivity contribution in [3.05, 3.63) is 47.3 Å². The van der Waals surface area contributed by atoms with Crippen LogP contribution in [0.15, 0.2) is 35.9 Å². The number of hydrogen-bond acceptors (Lipinski definition) is 7. The Morgan fingerprint density at radius 2 is 1.91 bits per heavy atom. The van der Waals surface area contributed by atoms with Crippen molar-refractivity contribution in [1.29, 1.82) is 0 Å². The van der Waals surface area contributed by atoms with Crippen molar-refractivity contribution in [3.8, 4) is 5.88 Å². The van der Waals surface area contributed by atoms with Gasteiger partial charge in [0.15, 0.2) is 5.65 Å². The lowest BCUT2D eigenvalue weighted by Crippen LogP contribution is -2.46. The van der Waals surface area contributed by atoms with Crippen molar-refractivity contribution >= 4 is 11.6 Å². The Labute approximate surface area is 208 Å². The molecule has 35 heavy (non-hydrogen) atoms. The summed E-state index contributed by atoms with van der Waals surface area (Å²) in [4.78, 5) is 10.1. The highest BCUT2D eigenvalue weighted by Gasteiger charge is 2.30. The van der Waals surface area contributed by atoms with Crippen LogP contribution < -0.4 is 16.2 Å². The maximum absolute atomic E-state index is 10.1. The molecule has 9 heteroatoms. The molecule has 2 aromatic rings. The zero-order valence-corrected chi connectivity index (χ0v) is 21.8. The number of carbonyl (C=O) groups excluding carboxylic acids is 1. The summed E-state index contributed by atoms with van der Waals surface area (Å²) in [5, 5.41) is 8.50. The third-order valence-corrected chi connectivity index (χ3v) is 5.38. The van der Waals surface area contributed by atoms with Crippen molar-refractivity contribution < 1.29 is 19.0 Å². The number of carbonyl (C=O) groups is 1. The van der Waals surface area contributed by atoms with E-state index in [0.29, 0.717) is 19.1 Å². The summed E-state index contributed by atoms with van der Waals surface area (Å²) in [5.41, 5.74) is 12.4. The Morgan fingerprint density at radius 1 is 1.20 bits per heavy atom. The number of allylic oxidation sites excluding steroid dienone is 2. The van der Waals surface area contributed by atoms with Crippen LogP contribution in [0.25, 0.3) is 5.65 Å². The zero-order chi connectivity index (χ0) is 25.8. The molecule has 0 atom stereocenters. The molecule has 0 saturated heterocycles. The van der Waals surface area contributed by atoms with Crippen molar-refractivity contribution in [1.82, 2.24) is 14.6 Å². The highest BCUT2D eigenvalue weighted by Crippen LogP contribution is 2.40. The van der Waals surface area contributed by atoms with E-state index in [1.54, 1.807) is 21.0 Å². The van der Waals surface area contributed by atoms with E-state index < -0.39 is 11.4 Å². The van der Waals surface area contributed by atoms with Crippen molar-refractivity contribution in [3.63, 3.8) is 0 Å². The first-order valence-corrected chi connectivity index (χ1v) is 12.2. The summed E-state index contributed by atoms with van der Waals surface area (Å²) in [6.45, 7) is 9.91. The number of hydrogen-bond donors (Lipinski definition) is 2. The Balaban J connectivity index is 0.000000215. The molecule has 4 rings (SSSR count). The van der Waals surface area contributed by atoms with Crippen LogP contribution in [0.3, 0.4) is 0 Å². The molecule has 0 spiro atoms. The molecule has 1 saturated carbocycles. The topological polar surface area (TPSA) is 127 Å². The lowest BCUT2D eigenvalue weighted by molar-refractivity contribution is -0.121. The fourth-order valence-corrected chi connectivity index (χ4v) is 3.07. The summed E-state index contributed by atoms with van der Waals surface area (Å²) in [5.74, 6) is 1.94. The molecule has 0 aliphatic heterocycles. The van der Waals surface area contributed by atoms with E-state index in [-0.39, 0.29) is 0 Å². The summed E-state index contributed by atoms with van der Waals surface area (Å²) in [6.07, 6.45) is 11.4. The molecule has 0 aromatic carbocycles. The number of rotatable bonds is 9. The number of fused-ring (bicyclic) bond motifs is 1. The number of pyridine rings is 1. The van der Waals surface area contributed by atoms with Crippen LogP contribution in [0.1, 0.15) is 63.8 Å². The summed E-state index contributed by atoms with van der Waals surface area (Å²) >= 11 is 0. The number of nitrogens with two attached hydrogens (primary N) is 2. The van der Waals surface area contributed by atoms with Gasteiger partial charge in [0, 0.05) is 25.2 Å². The molecule has 2 aliphatic rings. The monoisotopic (exact) mass is 487 g/mol. The SMILES string of the molecule is CC(C)(N)C(N)=O.CCOCC1=CCCC=C1.COCCOc1c(C)ccc2nnc(C3CC3)n12. The summed E-state index contributed by atoms with van der Waals surface area (Å²) in [7, 11) is 1.67. The minimum Gasteiger partial charge on any atom is -0.476 e. The fraction of sp³-hybridized carbons (Fsp3) is 0.577.